The third-order valence-corrected chi connectivity index (χ3v) is 4.19. The van der Waals surface area contributed by atoms with E-state index < -0.39 is 0 Å². The maximum absolute atomic E-state index is 14.1. The average molecular weight is 325 g/mol. The van der Waals surface area contributed by atoms with Crippen molar-refractivity contribution in [2.24, 2.45) is 0 Å². The summed E-state index contributed by atoms with van der Waals surface area (Å²) in [4.78, 5) is 2.09. The molecule has 2 rings (SSSR count). The Labute approximate surface area is 122 Å². The van der Waals surface area contributed by atoms with Gasteiger partial charge >= 0.3 is 0 Å². The molecule has 1 aliphatic carbocycles. The van der Waals surface area contributed by atoms with Gasteiger partial charge in [-0.3, -0.25) is 0 Å². The predicted octanol–water partition coefficient (Wildman–Crippen LogP) is 4.64. The van der Waals surface area contributed by atoms with Gasteiger partial charge in [0.1, 0.15) is 5.82 Å². The van der Waals surface area contributed by atoms with Gasteiger partial charge in [0.05, 0.1) is 18.2 Å². The number of hydrogen-bond acceptors (Lipinski definition) is 2. The molecule has 0 aromatic heterocycles. The number of anilines is 1. The molecule has 4 heteroatoms. The van der Waals surface area contributed by atoms with Gasteiger partial charge in [-0.2, -0.15) is 5.26 Å². The minimum absolute atomic E-state index is 0.202. The molecule has 0 heterocycles. The van der Waals surface area contributed by atoms with Crippen LogP contribution in [0.4, 0.5) is 10.1 Å². The highest BCUT2D eigenvalue weighted by atomic mass is 79.9. The molecule has 0 spiro atoms. The zero-order valence-corrected chi connectivity index (χ0v) is 12.5. The van der Waals surface area contributed by atoms with Crippen LogP contribution in [0.1, 0.15) is 38.5 Å². The van der Waals surface area contributed by atoms with Crippen LogP contribution in [0, 0.1) is 17.1 Å². The standard InChI is InChI=1S/C15H18BrFN2/c16-12-7-8-14(17)15(11-12)19(10-4-9-18)13-5-2-1-3-6-13/h7-8,11,13H,1-6,10H2. The Balaban J connectivity index is 2.25. The van der Waals surface area contributed by atoms with Gasteiger partial charge in [0.25, 0.3) is 0 Å². The van der Waals surface area contributed by atoms with Gasteiger partial charge in [-0.25, -0.2) is 4.39 Å². The van der Waals surface area contributed by atoms with Crippen molar-refractivity contribution in [1.82, 2.24) is 0 Å². The molecule has 19 heavy (non-hydrogen) atoms. The van der Waals surface area contributed by atoms with Crippen molar-refractivity contribution in [3.63, 3.8) is 0 Å². The lowest BCUT2D eigenvalue weighted by molar-refractivity contribution is 0.412. The topological polar surface area (TPSA) is 27.0 Å². The molecule has 1 aromatic carbocycles. The first kappa shape index (κ1) is 14.3. The molecule has 0 saturated heterocycles. The molecule has 0 unspecified atom stereocenters. The van der Waals surface area contributed by atoms with Crippen LogP contribution in [-0.4, -0.2) is 12.6 Å². The Hall–Kier alpha value is -1.08. The molecule has 0 radical (unpaired) electrons. The SMILES string of the molecule is N#CCCN(c1cc(Br)ccc1F)C1CCCCC1. The molecule has 0 bridgehead atoms. The quantitative estimate of drug-likeness (QED) is 0.806. The van der Waals surface area contributed by atoms with E-state index >= 15 is 0 Å². The second-order valence-electron chi connectivity index (χ2n) is 4.99. The smallest absolute Gasteiger partial charge is 0.146 e. The molecule has 0 amide bonds. The molecule has 1 aromatic rings. The first-order valence-electron chi connectivity index (χ1n) is 6.81. The second-order valence-corrected chi connectivity index (χ2v) is 5.90. The lowest BCUT2D eigenvalue weighted by atomic mass is 9.93. The van der Waals surface area contributed by atoms with Gasteiger partial charge in [0.2, 0.25) is 0 Å². The Morgan fingerprint density at radius 1 is 1.32 bits per heavy atom. The molecule has 102 valence electrons. The third kappa shape index (κ3) is 3.70. The van der Waals surface area contributed by atoms with Crippen LogP contribution in [0.2, 0.25) is 0 Å². The first-order valence-corrected chi connectivity index (χ1v) is 7.60. The number of nitrogens with zero attached hydrogens (tertiary/aromatic N) is 2. The molecule has 2 nitrogen and oxygen atoms in total. The summed E-state index contributed by atoms with van der Waals surface area (Å²) in [6.45, 7) is 0.606. The highest BCUT2D eigenvalue weighted by Crippen LogP contribution is 2.31. The van der Waals surface area contributed by atoms with Crippen LogP contribution in [-0.2, 0) is 0 Å². The number of rotatable bonds is 4. The summed E-state index contributed by atoms with van der Waals surface area (Å²) >= 11 is 3.40. The summed E-state index contributed by atoms with van der Waals surface area (Å²) in [6, 6.07) is 7.55. The highest BCUT2D eigenvalue weighted by molar-refractivity contribution is 9.10. The zero-order valence-electron chi connectivity index (χ0n) is 10.9. The number of halogens is 2. The van der Waals surface area contributed by atoms with Gasteiger partial charge in [-0.05, 0) is 31.0 Å². The molecule has 1 saturated carbocycles. The van der Waals surface area contributed by atoms with Gasteiger partial charge in [0, 0.05) is 17.1 Å². The normalized spacial score (nSPS) is 16.1. The van der Waals surface area contributed by atoms with Gasteiger partial charge in [-0.1, -0.05) is 35.2 Å². The largest absolute Gasteiger partial charge is 0.365 e. The van der Waals surface area contributed by atoms with Crippen LogP contribution in [0.15, 0.2) is 22.7 Å². The fraction of sp³-hybridized carbons (Fsp3) is 0.533. The van der Waals surface area contributed by atoms with Crippen molar-refractivity contribution < 1.29 is 4.39 Å². The van der Waals surface area contributed by atoms with Crippen molar-refractivity contribution in [3.8, 4) is 6.07 Å². The van der Waals surface area contributed by atoms with E-state index in [0.717, 1.165) is 17.3 Å². The van der Waals surface area contributed by atoms with Crippen LogP contribution in [0.3, 0.4) is 0 Å². The number of nitriles is 1. The molecule has 1 fully saturated rings. The van der Waals surface area contributed by atoms with E-state index in [9.17, 15) is 4.39 Å². The monoisotopic (exact) mass is 324 g/mol. The zero-order chi connectivity index (χ0) is 13.7. The molecule has 0 aliphatic heterocycles. The Bertz CT molecular complexity index is 464. The Kier molecular flexibility index (Phi) is 5.21. The number of benzene rings is 1. The van der Waals surface area contributed by atoms with Crippen LogP contribution in [0.25, 0.3) is 0 Å². The molecular weight excluding hydrogens is 307 g/mol. The molecule has 0 atom stereocenters. The van der Waals surface area contributed by atoms with Gasteiger partial charge < -0.3 is 4.90 Å². The van der Waals surface area contributed by atoms with Gasteiger partial charge in [-0.15, -0.1) is 0 Å². The number of hydrogen-bond donors (Lipinski definition) is 0. The third-order valence-electron chi connectivity index (χ3n) is 3.70. The second kappa shape index (κ2) is 6.91. The Morgan fingerprint density at radius 2 is 2.05 bits per heavy atom. The summed E-state index contributed by atoms with van der Waals surface area (Å²) < 4.78 is 14.9. The van der Waals surface area contributed by atoms with E-state index in [-0.39, 0.29) is 5.82 Å². The lowest BCUT2D eigenvalue weighted by Crippen LogP contribution is -2.38. The summed E-state index contributed by atoms with van der Waals surface area (Å²) in [6.07, 6.45) is 6.29. The van der Waals surface area contributed by atoms with E-state index in [1.165, 1.54) is 25.3 Å². The summed E-state index contributed by atoms with van der Waals surface area (Å²) in [5.41, 5.74) is 0.622. The summed E-state index contributed by atoms with van der Waals surface area (Å²) in [7, 11) is 0. The first-order chi connectivity index (χ1) is 9.22. The van der Waals surface area contributed by atoms with E-state index in [1.54, 1.807) is 6.07 Å². The van der Waals surface area contributed by atoms with E-state index in [2.05, 4.69) is 26.9 Å². The molecule has 1 aliphatic rings. The maximum Gasteiger partial charge on any atom is 0.146 e. The van der Waals surface area contributed by atoms with Crippen LogP contribution < -0.4 is 4.90 Å². The predicted molar refractivity (Wildman–Crippen MR) is 78.5 cm³/mol. The maximum atomic E-state index is 14.1. The summed E-state index contributed by atoms with van der Waals surface area (Å²) in [5.74, 6) is -0.202. The van der Waals surface area contributed by atoms with E-state index in [0.29, 0.717) is 24.7 Å². The lowest BCUT2D eigenvalue weighted by Gasteiger charge is -2.36. The van der Waals surface area contributed by atoms with Crippen LogP contribution in [0.5, 0.6) is 0 Å². The van der Waals surface area contributed by atoms with Crippen molar-refractivity contribution in [2.45, 2.75) is 44.6 Å². The molecular formula is C15H18BrFN2. The Morgan fingerprint density at radius 3 is 2.74 bits per heavy atom. The fourth-order valence-corrected chi connectivity index (χ4v) is 3.12. The van der Waals surface area contributed by atoms with Crippen molar-refractivity contribution >= 4 is 21.6 Å². The van der Waals surface area contributed by atoms with Crippen molar-refractivity contribution in [2.75, 3.05) is 11.4 Å². The van der Waals surface area contributed by atoms with Crippen LogP contribution >= 0.6 is 15.9 Å². The van der Waals surface area contributed by atoms with Crippen molar-refractivity contribution in [1.29, 1.82) is 5.26 Å². The minimum atomic E-state index is -0.202. The van der Waals surface area contributed by atoms with Crippen molar-refractivity contribution in [3.05, 3.63) is 28.5 Å². The average Bonchev–Trinajstić information content (AvgIpc) is 2.44. The summed E-state index contributed by atoms with van der Waals surface area (Å²) in [5, 5.41) is 8.80. The fourth-order valence-electron chi connectivity index (χ4n) is 2.77. The van der Waals surface area contributed by atoms with Gasteiger partial charge in [0.15, 0.2) is 0 Å². The van der Waals surface area contributed by atoms with E-state index in [1.807, 2.05) is 6.07 Å². The van der Waals surface area contributed by atoms with E-state index in [4.69, 9.17) is 5.26 Å². The highest BCUT2D eigenvalue weighted by Gasteiger charge is 2.23. The minimum Gasteiger partial charge on any atom is -0.365 e. The molecule has 0 N–H and O–H groups in total.